The summed E-state index contributed by atoms with van der Waals surface area (Å²) in [7, 11) is 0. The molecule has 17 heavy (non-hydrogen) atoms. The van der Waals surface area contributed by atoms with Gasteiger partial charge < -0.3 is 9.88 Å². The summed E-state index contributed by atoms with van der Waals surface area (Å²) in [5.74, 6) is 0.491. The summed E-state index contributed by atoms with van der Waals surface area (Å²) in [5, 5.41) is 3.34. The van der Waals surface area contributed by atoms with Gasteiger partial charge in [-0.2, -0.15) is 0 Å². The fourth-order valence-corrected chi connectivity index (χ4v) is 2.48. The molecule has 1 saturated carbocycles. The molecular weight excluding hydrogens is 214 g/mol. The van der Waals surface area contributed by atoms with Crippen molar-refractivity contribution in [2.45, 2.75) is 58.0 Å². The largest absolute Gasteiger partial charge is 0.360 e. The smallest absolute Gasteiger partial charge is 0.293 e. The molecule has 1 aliphatic rings. The van der Waals surface area contributed by atoms with E-state index >= 15 is 0 Å². The van der Waals surface area contributed by atoms with Gasteiger partial charge in [-0.15, -0.1) is 0 Å². The molecule has 0 amide bonds. The SMILES string of the molecule is CC(C)n1ccnc(NC2(C)CCCC2)c1=O. The summed E-state index contributed by atoms with van der Waals surface area (Å²) >= 11 is 0. The van der Waals surface area contributed by atoms with Crippen LogP contribution in [0.2, 0.25) is 0 Å². The Kier molecular flexibility index (Phi) is 3.22. The molecular formula is C13H21N3O. The summed E-state index contributed by atoms with van der Waals surface area (Å²) in [5.41, 5.74) is 0.0260. The Labute approximate surface area is 102 Å². The van der Waals surface area contributed by atoms with E-state index in [9.17, 15) is 4.79 Å². The number of hydrogen-bond acceptors (Lipinski definition) is 3. The van der Waals surface area contributed by atoms with Gasteiger partial charge in [0.1, 0.15) is 0 Å². The Balaban J connectivity index is 2.27. The van der Waals surface area contributed by atoms with E-state index in [1.54, 1.807) is 17.0 Å². The predicted molar refractivity (Wildman–Crippen MR) is 69.4 cm³/mol. The van der Waals surface area contributed by atoms with Crippen LogP contribution >= 0.6 is 0 Å². The van der Waals surface area contributed by atoms with Gasteiger partial charge in [0.15, 0.2) is 5.82 Å². The molecule has 1 heterocycles. The lowest BCUT2D eigenvalue weighted by Gasteiger charge is -2.26. The predicted octanol–water partition coefficient (Wildman–Crippen LogP) is 2.57. The maximum Gasteiger partial charge on any atom is 0.293 e. The lowest BCUT2D eigenvalue weighted by atomic mass is 10.0. The quantitative estimate of drug-likeness (QED) is 0.876. The van der Waals surface area contributed by atoms with E-state index in [1.165, 1.54) is 12.8 Å². The molecule has 0 unspecified atom stereocenters. The molecule has 4 heteroatoms. The summed E-state index contributed by atoms with van der Waals surface area (Å²) in [6.45, 7) is 6.18. The van der Waals surface area contributed by atoms with Crippen molar-refractivity contribution >= 4 is 5.82 Å². The topological polar surface area (TPSA) is 46.9 Å². The van der Waals surface area contributed by atoms with Crippen LogP contribution in [0.1, 0.15) is 52.5 Å². The normalized spacial score (nSPS) is 18.6. The van der Waals surface area contributed by atoms with Crippen molar-refractivity contribution in [3.63, 3.8) is 0 Å². The standard InChI is InChI=1S/C13H21N3O/c1-10(2)16-9-8-14-11(12(16)17)15-13(3)6-4-5-7-13/h8-10H,4-7H2,1-3H3,(H,14,15). The fourth-order valence-electron chi connectivity index (χ4n) is 2.48. The molecule has 2 rings (SSSR count). The van der Waals surface area contributed by atoms with Crippen LogP contribution in [-0.2, 0) is 0 Å². The third kappa shape index (κ3) is 2.51. The van der Waals surface area contributed by atoms with Crippen molar-refractivity contribution in [3.05, 3.63) is 22.7 Å². The Morgan fingerprint density at radius 3 is 2.65 bits per heavy atom. The van der Waals surface area contributed by atoms with Gasteiger partial charge in [0.2, 0.25) is 0 Å². The molecule has 1 aromatic rings. The first-order valence-corrected chi connectivity index (χ1v) is 6.37. The molecule has 0 atom stereocenters. The number of nitrogens with one attached hydrogen (secondary N) is 1. The molecule has 1 N–H and O–H groups in total. The minimum absolute atomic E-state index is 0.0179. The third-order valence-electron chi connectivity index (χ3n) is 3.55. The maximum absolute atomic E-state index is 12.2. The van der Waals surface area contributed by atoms with E-state index in [0.29, 0.717) is 5.82 Å². The molecule has 94 valence electrons. The molecule has 0 saturated heterocycles. The first-order valence-electron chi connectivity index (χ1n) is 6.37. The second-order valence-corrected chi connectivity index (χ2v) is 5.47. The lowest BCUT2D eigenvalue weighted by molar-refractivity contribution is 0.523. The average Bonchev–Trinajstić information content (AvgIpc) is 2.68. The summed E-state index contributed by atoms with van der Waals surface area (Å²) in [6.07, 6.45) is 8.13. The Morgan fingerprint density at radius 2 is 2.06 bits per heavy atom. The molecule has 0 spiro atoms. The lowest BCUT2D eigenvalue weighted by Crippen LogP contribution is -2.36. The minimum atomic E-state index is -0.0179. The van der Waals surface area contributed by atoms with Gasteiger partial charge in [0, 0.05) is 24.0 Å². The Hall–Kier alpha value is -1.32. The van der Waals surface area contributed by atoms with Crippen molar-refractivity contribution < 1.29 is 0 Å². The van der Waals surface area contributed by atoms with Crippen molar-refractivity contribution in [1.82, 2.24) is 9.55 Å². The minimum Gasteiger partial charge on any atom is -0.360 e. The van der Waals surface area contributed by atoms with Gasteiger partial charge in [0.25, 0.3) is 5.56 Å². The number of nitrogens with zero attached hydrogens (tertiary/aromatic N) is 2. The zero-order valence-corrected chi connectivity index (χ0v) is 10.9. The third-order valence-corrected chi connectivity index (χ3v) is 3.55. The number of aromatic nitrogens is 2. The van der Waals surface area contributed by atoms with Crippen LogP contribution in [0.4, 0.5) is 5.82 Å². The van der Waals surface area contributed by atoms with Gasteiger partial charge >= 0.3 is 0 Å². The van der Waals surface area contributed by atoms with Crippen LogP contribution < -0.4 is 10.9 Å². The van der Waals surface area contributed by atoms with Crippen LogP contribution in [0.5, 0.6) is 0 Å². The first-order chi connectivity index (χ1) is 8.02. The Bertz CT molecular complexity index is 444. The zero-order valence-electron chi connectivity index (χ0n) is 10.9. The molecule has 4 nitrogen and oxygen atoms in total. The van der Waals surface area contributed by atoms with Gasteiger partial charge in [-0.3, -0.25) is 4.79 Å². The van der Waals surface area contributed by atoms with E-state index in [4.69, 9.17) is 0 Å². The average molecular weight is 235 g/mol. The van der Waals surface area contributed by atoms with E-state index in [2.05, 4.69) is 17.2 Å². The van der Waals surface area contributed by atoms with E-state index in [1.807, 2.05) is 13.8 Å². The molecule has 1 aliphatic carbocycles. The van der Waals surface area contributed by atoms with Gasteiger partial charge in [-0.1, -0.05) is 12.8 Å². The molecule has 1 fully saturated rings. The van der Waals surface area contributed by atoms with Crippen LogP contribution in [0.15, 0.2) is 17.2 Å². The zero-order chi connectivity index (χ0) is 12.5. The van der Waals surface area contributed by atoms with Crippen molar-refractivity contribution in [2.24, 2.45) is 0 Å². The van der Waals surface area contributed by atoms with E-state index in [-0.39, 0.29) is 17.1 Å². The van der Waals surface area contributed by atoms with Crippen molar-refractivity contribution in [1.29, 1.82) is 0 Å². The summed E-state index contributed by atoms with van der Waals surface area (Å²) in [6, 6.07) is 0.169. The highest BCUT2D eigenvalue weighted by Gasteiger charge is 2.29. The highest BCUT2D eigenvalue weighted by Crippen LogP contribution is 2.31. The summed E-state index contributed by atoms with van der Waals surface area (Å²) in [4.78, 5) is 16.4. The second-order valence-electron chi connectivity index (χ2n) is 5.47. The van der Waals surface area contributed by atoms with Crippen LogP contribution in [0.3, 0.4) is 0 Å². The highest BCUT2D eigenvalue weighted by molar-refractivity contribution is 5.35. The molecule has 0 aromatic carbocycles. The van der Waals surface area contributed by atoms with E-state index in [0.717, 1.165) is 12.8 Å². The van der Waals surface area contributed by atoms with Crippen molar-refractivity contribution in [2.75, 3.05) is 5.32 Å². The van der Waals surface area contributed by atoms with Crippen LogP contribution in [-0.4, -0.2) is 15.1 Å². The fraction of sp³-hybridized carbons (Fsp3) is 0.692. The van der Waals surface area contributed by atoms with Gasteiger partial charge in [-0.05, 0) is 33.6 Å². The van der Waals surface area contributed by atoms with Crippen molar-refractivity contribution in [3.8, 4) is 0 Å². The molecule has 0 radical (unpaired) electrons. The van der Waals surface area contributed by atoms with Gasteiger partial charge in [-0.25, -0.2) is 4.98 Å². The van der Waals surface area contributed by atoms with E-state index < -0.39 is 0 Å². The van der Waals surface area contributed by atoms with Crippen LogP contribution in [0, 0.1) is 0 Å². The van der Waals surface area contributed by atoms with Gasteiger partial charge in [0.05, 0.1) is 0 Å². The summed E-state index contributed by atoms with van der Waals surface area (Å²) < 4.78 is 1.72. The molecule has 0 bridgehead atoms. The number of anilines is 1. The molecule has 1 aromatic heterocycles. The maximum atomic E-state index is 12.2. The highest BCUT2D eigenvalue weighted by atomic mass is 16.1. The first kappa shape index (κ1) is 12.1. The molecule has 0 aliphatic heterocycles. The second kappa shape index (κ2) is 4.51. The monoisotopic (exact) mass is 235 g/mol. The number of hydrogen-bond donors (Lipinski definition) is 1. The Morgan fingerprint density at radius 1 is 1.41 bits per heavy atom. The van der Waals surface area contributed by atoms with Crippen LogP contribution in [0.25, 0.3) is 0 Å². The number of rotatable bonds is 3.